The Bertz CT molecular complexity index is 765. The number of ether oxygens (including phenoxy) is 1. The van der Waals surface area contributed by atoms with E-state index < -0.39 is 0 Å². The summed E-state index contributed by atoms with van der Waals surface area (Å²) in [7, 11) is 0. The van der Waals surface area contributed by atoms with E-state index in [0.29, 0.717) is 17.8 Å². The van der Waals surface area contributed by atoms with Crippen molar-refractivity contribution >= 4 is 17.7 Å². The molecule has 0 aliphatic heterocycles. The highest BCUT2D eigenvalue weighted by atomic mass is 35.5. The molecule has 1 saturated carbocycles. The maximum Gasteiger partial charge on any atom is 0.410 e. The average molecular weight is 358 g/mol. The first kappa shape index (κ1) is 16.3. The van der Waals surface area contributed by atoms with Crippen molar-refractivity contribution in [2.45, 2.75) is 50.8 Å². The molecule has 2 aliphatic rings. The van der Waals surface area contributed by atoms with Gasteiger partial charge in [-0.25, -0.2) is 4.79 Å². The van der Waals surface area contributed by atoms with Crippen molar-refractivity contribution in [1.82, 2.24) is 15.1 Å². The largest absolute Gasteiger partial charge is 0.445 e. The molecule has 1 heterocycles. The molecule has 1 unspecified atom stereocenters. The van der Waals surface area contributed by atoms with Gasteiger partial charge in [0.25, 0.3) is 0 Å². The molecule has 1 aromatic carbocycles. The van der Waals surface area contributed by atoms with Gasteiger partial charge in [-0.3, -0.25) is 0 Å². The van der Waals surface area contributed by atoms with E-state index in [1.165, 1.54) is 0 Å². The molecule has 4 rings (SSSR count). The van der Waals surface area contributed by atoms with Crippen LogP contribution in [0.15, 0.2) is 36.4 Å². The number of carbonyl (C=O) groups excluding carboxylic acids is 1. The maximum atomic E-state index is 12.7. The van der Waals surface area contributed by atoms with E-state index in [1.54, 1.807) is 0 Å². The normalized spacial score (nSPS) is 19.2. The number of rotatable bonds is 4. The standard InChI is InChI=1S/C19H20ClN3O2/c20-18-11-14-10-16(8-9-17(14)21-22-18)23(15-6-7-15)19(24)25-12-13-4-2-1-3-5-13/h1-5,11,15-16H,6-10,12H2. The van der Waals surface area contributed by atoms with Crippen LogP contribution >= 0.6 is 11.6 Å². The zero-order valence-corrected chi connectivity index (χ0v) is 14.7. The Labute approximate surface area is 152 Å². The van der Waals surface area contributed by atoms with E-state index in [2.05, 4.69) is 10.2 Å². The molecular weight excluding hydrogens is 338 g/mol. The van der Waals surface area contributed by atoms with E-state index in [4.69, 9.17) is 16.3 Å². The van der Waals surface area contributed by atoms with Crippen LogP contribution in [0.5, 0.6) is 0 Å². The second kappa shape index (κ2) is 7.00. The van der Waals surface area contributed by atoms with Crippen molar-refractivity contribution in [3.05, 3.63) is 58.4 Å². The van der Waals surface area contributed by atoms with E-state index in [9.17, 15) is 4.79 Å². The maximum absolute atomic E-state index is 12.7. The summed E-state index contributed by atoms with van der Waals surface area (Å²) >= 11 is 5.98. The molecule has 5 nitrogen and oxygen atoms in total. The number of halogens is 1. The van der Waals surface area contributed by atoms with Gasteiger partial charge in [-0.2, -0.15) is 5.10 Å². The Balaban J connectivity index is 1.45. The molecule has 130 valence electrons. The molecule has 25 heavy (non-hydrogen) atoms. The highest BCUT2D eigenvalue weighted by Gasteiger charge is 2.39. The topological polar surface area (TPSA) is 55.3 Å². The van der Waals surface area contributed by atoms with Gasteiger partial charge < -0.3 is 9.64 Å². The molecule has 0 radical (unpaired) electrons. The minimum absolute atomic E-state index is 0.142. The Kier molecular flexibility index (Phi) is 4.57. The van der Waals surface area contributed by atoms with E-state index >= 15 is 0 Å². The molecule has 1 atom stereocenters. The second-order valence-corrected chi connectivity index (χ2v) is 7.10. The summed E-state index contributed by atoms with van der Waals surface area (Å²) in [6.45, 7) is 0.309. The molecule has 0 bridgehead atoms. The minimum Gasteiger partial charge on any atom is -0.445 e. The van der Waals surface area contributed by atoms with Gasteiger partial charge in [0.2, 0.25) is 0 Å². The minimum atomic E-state index is -0.215. The molecule has 1 amide bonds. The number of benzene rings is 1. The summed E-state index contributed by atoms with van der Waals surface area (Å²) in [6.07, 6.45) is 4.37. The van der Waals surface area contributed by atoms with Gasteiger partial charge in [0.15, 0.2) is 5.15 Å². The number of aryl methyl sites for hydroxylation is 1. The monoisotopic (exact) mass is 357 g/mol. The van der Waals surface area contributed by atoms with Crippen LogP contribution < -0.4 is 0 Å². The summed E-state index contributed by atoms with van der Waals surface area (Å²) in [6, 6.07) is 12.1. The third-order valence-corrected chi connectivity index (χ3v) is 5.03. The highest BCUT2D eigenvalue weighted by Crippen LogP contribution is 2.34. The number of hydrogen-bond acceptors (Lipinski definition) is 4. The predicted octanol–water partition coefficient (Wildman–Crippen LogP) is 3.79. The lowest BCUT2D eigenvalue weighted by molar-refractivity contribution is 0.0735. The molecule has 2 aliphatic carbocycles. The molecule has 0 N–H and O–H groups in total. The quantitative estimate of drug-likeness (QED) is 0.835. The van der Waals surface area contributed by atoms with Gasteiger partial charge in [0, 0.05) is 12.1 Å². The summed E-state index contributed by atoms with van der Waals surface area (Å²) in [4.78, 5) is 14.7. The smallest absolute Gasteiger partial charge is 0.410 e. The van der Waals surface area contributed by atoms with Crippen LogP contribution in [0, 0.1) is 0 Å². The summed E-state index contributed by atoms with van der Waals surface area (Å²) in [5, 5.41) is 8.50. The van der Waals surface area contributed by atoms with Crippen molar-refractivity contribution in [3.63, 3.8) is 0 Å². The van der Waals surface area contributed by atoms with Crippen molar-refractivity contribution in [1.29, 1.82) is 0 Å². The second-order valence-electron chi connectivity index (χ2n) is 6.71. The number of aromatic nitrogens is 2. The first-order valence-electron chi connectivity index (χ1n) is 8.70. The number of fused-ring (bicyclic) bond motifs is 1. The fourth-order valence-electron chi connectivity index (χ4n) is 3.46. The third kappa shape index (κ3) is 3.76. The van der Waals surface area contributed by atoms with Crippen LogP contribution in [0.2, 0.25) is 5.15 Å². The van der Waals surface area contributed by atoms with Crippen LogP contribution in [0.4, 0.5) is 4.79 Å². The lowest BCUT2D eigenvalue weighted by atomic mass is 9.91. The van der Waals surface area contributed by atoms with Crippen molar-refractivity contribution < 1.29 is 9.53 Å². The first-order chi connectivity index (χ1) is 12.2. The van der Waals surface area contributed by atoms with Gasteiger partial charge in [0.05, 0.1) is 5.69 Å². The molecule has 1 fully saturated rings. The van der Waals surface area contributed by atoms with Crippen LogP contribution in [-0.4, -0.2) is 33.3 Å². The lowest BCUT2D eigenvalue weighted by Crippen LogP contribution is -2.45. The molecule has 6 heteroatoms. The van der Waals surface area contributed by atoms with E-state index in [0.717, 1.165) is 48.9 Å². The Morgan fingerprint density at radius 3 is 2.72 bits per heavy atom. The van der Waals surface area contributed by atoms with Gasteiger partial charge >= 0.3 is 6.09 Å². The number of amides is 1. The fraction of sp³-hybridized carbons (Fsp3) is 0.421. The SMILES string of the molecule is O=C(OCc1ccccc1)N(C1CC1)C1CCc2nnc(Cl)cc2C1. The highest BCUT2D eigenvalue weighted by molar-refractivity contribution is 6.29. The lowest BCUT2D eigenvalue weighted by Gasteiger charge is -2.34. The molecule has 1 aromatic heterocycles. The summed E-state index contributed by atoms with van der Waals surface area (Å²) in [5.41, 5.74) is 3.09. The number of hydrogen-bond donors (Lipinski definition) is 0. The Morgan fingerprint density at radius 1 is 1.16 bits per heavy atom. The van der Waals surface area contributed by atoms with Crippen molar-refractivity contribution in [3.8, 4) is 0 Å². The van der Waals surface area contributed by atoms with Gasteiger partial charge in [-0.15, -0.1) is 5.10 Å². The van der Waals surface area contributed by atoms with Crippen LogP contribution in [0.3, 0.4) is 0 Å². The average Bonchev–Trinajstić information content (AvgIpc) is 3.45. The van der Waals surface area contributed by atoms with Crippen molar-refractivity contribution in [2.24, 2.45) is 0 Å². The van der Waals surface area contributed by atoms with E-state index in [-0.39, 0.29) is 12.1 Å². The van der Waals surface area contributed by atoms with Crippen LogP contribution in [-0.2, 0) is 24.2 Å². The predicted molar refractivity (Wildman–Crippen MR) is 94.3 cm³/mol. The van der Waals surface area contributed by atoms with Gasteiger partial charge in [0.1, 0.15) is 6.61 Å². The number of nitrogens with zero attached hydrogens (tertiary/aromatic N) is 3. The Morgan fingerprint density at radius 2 is 1.96 bits per heavy atom. The van der Waals surface area contributed by atoms with E-state index in [1.807, 2.05) is 41.3 Å². The first-order valence-corrected chi connectivity index (χ1v) is 9.08. The third-order valence-electron chi connectivity index (χ3n) is 4.85. The van der Waals surface area contributed by atoms with Crippen molar-refractivity contribution in [2.75, 3.05) is 0 Å². The van der Waals surface area contributed by atoms with Crippen LogP contribution in [0.25, 0.3) is 0 Å². The fourth-order valence-corrected chi connectivity index (χ4v) is 3.62. The van der Waals surface area contributed by atoms with Gasteiger partial charge in [-0.1, -0.05) is 41.9 Å². The molecule has 0 saturated heterocycles. The van der Waals surface area contributed by atoms with Gasteiger partial charge in [-0.05, 0) is 49.3 Å². The molecular formula is C19H20ClN3O2. The molecule has 2 aromatic rings. The summed E-state index contributed by atoms with van der Waals surface area (Å²) < 4.78 is 5.59. The molecule has 0 spiro atoms. The van der Waals surface area contributed by atoms with Crippen LogP contribution in [0.1, 0.15) is 36.1 Å². The summed E-state index contributed by atoms with van der Waals surface area (Å²) in [5.74, 6) is 0. The zero-order valence-electron chi connectivity index (χ0n) is 13.9. The number of carbonyl (C=O) groups is 1. The zero-order chi connectivity index (χ0) is 17.2. The Hall–Kier alpha value is -2.14.